The molecule has 0 saturated carbocycles. The van der Waals surface area contributed by atoms with Gasteiger partial charge in [0.2, 0.25) is 10.0 Å². The van der Waals surface area contributed by atoms with Gasteiger partial charge in [-0.05, 0) is 49.6 Å². The van der Waals surface area contributed by atoms with Gasteiger partial charge >= 0.3 is 0 Å². The number of fused-ring (bicyclic) bond motifs is 1. The first-order chi connectivity index (χ1) is 16.9. The number of amides is 1. The highest BCUT2D eigenvalue weighted by molar-refractivity contribution is 7.89. The first-order valence-electron chi connectivity index (χ1n) is 12.1. The lowest BCUT2D eigenvalue weighted by molar-refractivity contribution is 0.102. The topological polar surface area (TPSA) is 82.6 Å². The molecule has 7 nitrogen and oxygen atoms in total. The summed E-state index contributed by atoms with van der Waals surface area (Å²) < 4.78 is 27.7. The Kier molecular flexibility index (Phi) is 7.02. The predicted molar refractivity (Wildman–Crippen MR) is 138 cm³/mol. The predicted octanol–water partition coefficient (Wildman–Crippen LogP) is 4.52. The van der Waals surface area contributed by atoms with E-state index in [0.717, 1.165) is 51.0 Å². The summed E-state index contributed by atoms with van der Waals surface area (Å²) >= 11 is 1.51. The Balaban J connectivity index is 1.23. The van der Waals surface area contributed by atoms with E-state index in [-0.39, 0.29) is 16.8 Å². The number of nitrogens with one attached hydrogen (secondary N) is 1. The first kappa shape index (κ1) is 24.1. The van der Waals surface area contributed by atoms with Gasteiger partial charge in [-0.25, -0.2) is 13.4 Å². The van der Waals surface area contributed by atoms with Gasteiger partial charge in [0.15, 0.2) is 5.13 Å². The van der Waals surface area contributed by atoms with Crippen molar-refractivity contribution in [2.75, 3.05) is 18.4 Å². The highest BCUT2D eigenvalue weighted by atomic mass is 32.2. The summed E-state index contributed by atoms with van der Waals surface area (Å²) in [6.45, 7) is 5.14. The van der Waals surface area contributed by atoms with Crippen LogP contribution in [0.2, 0.25) is 0 Å². The zero-order valence-electron chi connectivity index (χ0n) is 19.8. The Morgan fingerprint density at radius 2 is 1.86 bits per heavy atom. The Bertz CT molecular complexity index is 1290. The number of anilines is 1. The molecule has 1 atom stereocenters. The third-order valence-electron chi connectivity index (χ3n) is 6.74. The second-order valence-electron chi connectivity index (χ2n) is 9.27. The maximum atomic E-state index is 13.0. The van der Waals surface area contributed by atoms with Crippen molar-refractivity contribution in [1.29, 1.82) is 0 Å². The van der Waals surface area contributed by atoms with Crippen LogP contribution in [0.25, 0.3) is 0 Å². The minimum Gasteiger partial charge on any atom is -0.298 e. The number of sulfonamides is 1. The molecule has 1 saturated heterocycles. The molecule has 184 valence electrons. The maximum Gasteiger partial charge on any atom is 0.257 e. The lowest BCUT2D eigenvalue weighted by Gasteiger charge is -2.32. The zero-order chi connectivity index (χ0) is 24.4. The minimum absolute atomic E-state index is 0.00345. The molecule has 2 aromatic carbocycles. The smallest absolute Gasteiger partial charge is 0.257 e. The SMILES string of the molecule is CC1CCCCN1S(=O)(=O)c1ccc(C(=O)Nc2nc3c(s2)CN(Cc2ccccc2)CC3)cc1. The molecule has 2 aliphatic heterocycles. The number of carbonyl (C=O) groups is 1. The van der Waals surface area contributed by atoms with Gasteiger partial charge in [0.25, 0.3) is 5.91 Å². The van der Waals surface area contributed by atoms with Gasteiger partial charge in [-0.2, -0.15) is 4.31 Å². The van der Waals surface area contributed by atoms with E-state index < -0.39 is 10.0 Å². The highest BCUT2D eigenvalue weighted by Gasteiger charge is 2.31. The lowest BCUT2D eigenvalue weighted by Crippen LogP contribution is -2.41. The van der Waals surface area contributed by atoms with Crippen LogP contribution >= 0.6 is 11.3 Å². The quantitative estimate of drug-likeness (QED) is 0.527. The van der Waals surface area contributed by atoms with E-state index in [9.17, 15) is 13.2 Å². The number of hydrogen-bond acceptors (Lipinski definition) is 6. The standard InChI is InChI=1S/C26H30N4O3S2/c1-19-7-5-6-15-30(19)35(32,33)22-12-10-21(11-13-22)25(31)28-26-27-23-14-16-29(18-24(23)34-26)17-20-8-3-2-4-9-20/h2-4,8-13,19H,5-7,14-18H2,1H3,(H,27,28,31). The van der Waals surface area contributed by atoms with Crippen LogP contribution in [0.1, 0.15) is 52.7 Å². The summed E-state index contributed by atoms with van der Waals surface area (Å²) in [6.07, 6.45) is 3.67. The van der Waals surface area contributed by atoms with E-state index in [1.807, 2.05) is 13.0 Å². The third kappa shape index (κ3) is 5.33. The van der Waals surface area contributed by atoms with Crippen molar-refractivity contribution < 1.29 is 13.2 Å². The van der Waals surface area contributed by atoms with E-state index in [1.54, 1.807) is 16.4 Å². The average Bonchev–Trinajstić information content (AvgIpc) is 3.26. The normalized spacial score (nSPS) is 19.3. The fourth-order valence-electron chi connectivity index (χ4n) is 4.79. The molecule has 0 spiro atoms. The molecular weight excluding hydrogens is 480 g/mol. The summed E-state index contributed by atoms with van der Waals surface area (Å²) in [6, 6.07) is 16.6. The number of nitrogens with zero attached hydrogens (tertiary/aromatic N) is 3. The molecule has 1 unspecified atom stereocenters. The van der Waals surface area contributed by atoms with Gasteiger partial charge in [0, 0.05) is 49.1 Å². The van der Waals surface area contributed by atoms with Gasteiger partial charge in [0.1, 0.15) is 0 Å². The van der Waals surface area contributed by atoms with E-state index in [1.165, 1.54) is 33.9 Å². The van der Waals surface area contributed by atoms with E-state index >= 15 is 0 Å². The molecule has 0 aliphatic carbocycles. The second-order valence-corrected chi connectivity index (χ2v) is 12.2. The van der Waals surface area contributed by atoms with Gasteiger partial charge in [-0.15, -0.1) is 11.3 Å². The molecule has 2 aliphatic rings. The van der Waals surface area contributed by atoms with Crippen LogP contribution in [0.4, 0.5) is 5.13 Å². The summed E-state index contributed by atoms with van der Waals surface area (Å²) in [5.74, 6) is -0.285. The number of carbonyl (C=O) groups excluding carboxylic acids is 1. The maximum absolute atomic E-state index is 13.0. The molecular formula is C26H30N4O3S2. The molecule has 9 heteroatoms. The Morgan fingerprint density at radius 1 is 1.09 bits per heavy atom. The molecule has 1 aromatic heterocycles. The lowest BCUT2D eigenvalue weighted by atomic mass is 10.1. The first-order valence-corrected chi connectivity index (χ1v) is 14.3. The third-order valence-corrected chi connectivity index (χ3v) is 9.77. The number of aromatic nitrogens is 1. The number of piperidine rings is 1. The molecule has 0 radical (unpaired) electrons. The van der Waals surface area contributed by atoms with Crippen molar-refractivity contribution in [1.82, 2.24) is 14.2 Å². The van der Waals surface area contributed by atoms with Crippen LogP contribution in [0.15, 0.2) is 59.5 Å². The molecule has 3 aromatic rings. The van der Waals surface area contributed by atoms with Crippen molar-refractivity contribution in [2.24, 2.45) is 0 Å². The van der Waals surface area contributed by atoms with E-state index in [4.69, 9.17) is 0 Å². The molecule has 3 heterocycles. The largest absolute Gasteiger partial charge is 0.298 e. The fraction of sp³-hybridized carbons (Fsp3) is 0.385. The van der Waals surface area contributed by atoms with Crippen LogP contribution in [0.5, 0.6) is 0 Å². The molecule has 0 bridgehead atoms. The Hall–Kier alpha value is -2.59. The number of benzene rings is 2. The molecule has 1 fully saturated rings. The summed E-state index contributed by atoms with van der Waals surface area (Å²) in [5, 5.41) is 3.48. The van der Waals surface area contributed by atoms with Crippen LogP contribution in [0, 0.1) is 0 Å². The van der Waals surface area contributed by atoms with Crippen molar-refractivity contribution in [3.8, 4) is 0 Å². The monoisotopic (exact) mass is 510 g/mol. The summed E-state index contributed by atoms with van der Waals surface area (Å²) in [4.78, 5) is 21.3. The van der Waals surface area contributed by atoms with Crippen LogP contribution in [-0.2, 0) is 29.5 Å². The molecule has 1 amide bonds. The average molecular weight is 511 g/mol. The minimum atomic E-state index is -3.56. The van der Waals surface area contributed by atoms with Crippen LogP contribution in [-0.4, -0.2) is 47.6 Å². The summed E-state index contributed by atoms with van der Waals surface area (Å²) in [5.41, 5.74) is 2.75. The Morgan fingerprint density at radius 3 is 2.60 bits per heavy atom. The molecule has 5 rings (SSSR count). The number of thiazole rings is 1. The van der Waals surface area contributed by atoms with Gasteiger partial charge < -0.3 is 0 Å². The number of rotatable bonds is 6. The van der Waals surface area contributed by atoms with E-state index in [0.29, 0.717) is 17.2 Å². The fourth-order valence-corrected chi connectivity index (χ4v) is 7.54. The number of hydrogen-bond donors (Lipinski definition) is 1. The second kappa shape index (κ2) is 10.2. The van der Waals surface area contributed by atoms with Crippen LogP contribution in [0.3, 0.4) is 0 Å². The molecule has 1 N–H and O–H groups in total. The van der Waals surface area contributed by atoms with Crippen molar-refractivity contribution >= 4 is 32.4 Å². The van der Waals surface area contributed by atoms with Crippen molar-refractivity contribution in [2.45, 2.75) is 56.6 Å². The summed E-state index contributed by atoms with van der Waals surface area (Å²) in [7, 11) is -3.56. The Labute approximate surface area is 210 Å². The van der Waals surface area contributed by atoms with Crippen molar-refractivity contribution in [3.05, 3.63) is 76.3 Å². The van der Waals surface area contributed by atoms with E-state index in [2.05, 4.69) is 39.5 Å². The van der Waals surface area contributed by atoms with Crippen LogP contribution < -0.4 is 5.32 Å². The highest BCUT2D eigenvalue weighted by Crippen LogP contribution is 2.30. The van der Waals surface area contributed by atoms with Gasteiger partial charge in [-0.3, -0.25) is 15.0 Å². The van der Waals surface area contributed by atoms with Gasteiger partial charge in [-0.1, -0.05) is 36.8 Å². The zero-order valence-corrected chi connectivity index (χ0v) is 21.4. The molecule has 35 heavy (non-hydrogen) atoms. The van der Waals surface area contributed by atoms with Gasteiger partial charge in [0.05, 0.1) is 10.6 Å². The van der Waals surface area contributed by atoms with Crippen molar-refractivity contribution in [3.63, 3.8) is 0 Å².